The number of hydrogen-bond acceptors (Lipinski definition) is 7. The Bertz CT molecular complexity index is 1100. The number of Topliss-reactive ketones (excluding diaryl/α,β-unsaturated/α-hetero) is 1. The number of aliphatic hydroxyl groups is 1. The third-order valence-corrected chi connectivity index (χ3v) is 10.2. The second-order valence-corrected chi connectivity index (χ2v) is 11.3. The van der Waals surface area contributed by atoms with Gasteiger partial charge in [-0.05, 0) is 42.9 Å². The molecule has 0 radical (unpaired) electrons. The van der Waals surface area contributed by atoms with Gasteiger partial charge in [-0.1, -0.05) is 26.3 Å². The number of methoxy groups -OCH3 is 1. The fourth-order valence-corrected chi connectivity index (χ4v) is 8.60. The lowest BCUT2D eigenvalue weighted by molar-refractivity contribution is -0.206. The predicted molar refractivity (Wildman–Crippen MR) is 123 cm³/mol. The molecule has 1 saturated heterocycles. The van der Waals surface area contributed by atoms with Gasteiger partial charge in [0.2, 0.25) is 0 Å². The fraction of sp³-hybridized carbons (Fsp3) is 0.667. The van der Waals surface area contributed by atoms with Crippen LogP contribution in [0.3, 0.4) is 0 Å². The van der Waals surface area contributed by atoms with E-state index in [-0.39, 0.29) is 37.1 Å². The molecule has 3 aliphatic carbocycles. The van der Waals surface area contributed by atoms with Gasteiger partial charge in [-0.2, -0.15) is 0 Å². The maximum Gasteiger partial charge on any atom is 0.310 e. The molecule has 0 spiro atoms. The van der Waals surface area contributed by atoms with Gasteiger partial charge in [0.05, 0.1) is 49.8 Å². The summed E-state index contributed by atoms with van der Waals surface area (Å²) in [5.74, 6) is -3.16. The van der Waals surface area contributed by atoms with E-state index in [0.29, 0.717) is 6.42 Å². The molecule has 2 heterocycles. The number of aliphatic hydroxyl groups excluding tert-OH is 1. The molecule has 3 fully saturated rings. The van der Waals surface area contributed by atoms with Gasteiger partial charge in [0.1, 0.15) is 5.78 Å². The fourth-order valence-electron chi connectivity index (χ4n) is 8.60. The second kappa shape index (κ2) is 7.77. The average molecular weight is 487 g/mol. The van der Waals surface area contributed by atoms with Crippen LogP contribution in [0.25, 0.3) is 0 Å². The first-order valence-electron chi connectivity index (χ1n) is 12.4. The van der Waals surface area contributed by atoms with Crippen LogP contribution < -0.4 is 0 Å². The highest BCUT2D eigenvalue weighted by atomic mass is 16.5. The number of allylic oxidation sites excluding steroid dienone is 1. The summed E-state index contributed by atoms with van der Waals surface area (Å²) in [6.07, 6.45) is 1.80. The van der Waals surface area contributed by atoms with Crippen LogP contribution in [0.5, 0.6) is 0 Å². The van der Waals surface area contributed by atoms with Crippen molar-refractivity contribution in [1.29, 1.82) is 0 Å². The van der Waals surface area contributed by atoms with Crippen molar-refractivity contribution in [2.45, 2.75) is 77.6 Å². The zero-order valence-corrected chi connectivity index (χ0v) is 20.9. The van der Waals surface area contributed by atoms with Gasteiger partial charge in [0.15, 0.2) is 0 Å². The number of furan rings is 1. The maximum atomic E-state index is 13.8. The van der Waals surface area contributed by atoms with Crippen molar-refractivity contribution in [3.05, 3.63) is 35.3 Å². The molecule has 4 aliphatic rings. The van der Waals surface area contributed by atoms with Crippen LogP contribution in [0, 0.1) is 28.1 Å². The highest BCUT2D eigenvalue weighted by Gasteiger charge is 2.77. The third kappa shape index (κ3) is 2.84. The van der Waals surface area contributed by atoms with Gasteiger partial charge >= 0.3 is 11.9 Å². The largest absolute Gasteiger partial charge is 0.481 e. The molecule has 35 heavy (non-hydrogen) atoms. The van der Waals surface area contributed by atoms with E-state index >= 15 is 0 Å². The highest BCUT2D eigenvalue weighted by Crippen LogP contribution is 2.72. The lowest BCUT2D eigenvalue weighted by atomic mass is 9.45. The molecule has 2 N–H and O–H groups in total. The number of aliphatic carboxylic acids is 1. The van der Waals surface area contributed by atoms with Crippen LogP contribution in [0.1, 0.15) is 64.9 Å². The minimum Gasteiger partial charge on any atom is -0.481 e. The summed E-state index contributed by atoms with van der Waals surface area (Å²) in [5.41, 5.74) is -0.346. The summed E-state index contributed by atoms with van der Waals surface area (Å²) < 4.78 is 16.9. The Morgan fingerprint density at radius 2 is 1.97 bits per heavy atom. The second-order valence-electron chi connectivity index (χ2n) is 11.3. The number of rotatable bonds is 5. The van der Waals surface area contributed by atoms with Crippen molar-refractivity contribution >= 4 is 17.7 Å². The molecule has 8 nitrogen and oxygen atoms in total. The lowest BCUT2D eigenvalue weighted by Crippen LogP contribution is -2.65. The summed E-state index contributed by atoms with van der Waals surface area (Å²) in [5, 5.41) is 22.1. The van der Waals surface area contributed by atoms with Crippen molar-refractivity contribution < 1.29 is 38.5 Å². The summed E-state index contributed by atoms with van der Waals surface area (Å²) in [6, 6.07) is 1.93. The van der Waals surface area contributed by atoms with E-state index in [9.17, 15) is 24.6 Å². The highest BCUT2D eigenvalue weighted by molar-refractivity contribution is 5.96. The van der Waals surface area contributed by atoms with Crippen molar-refractivity contribution in [3.8, 4) is 0 Å². The Morgan fingerprint density at radius 3 is 2.54 bits per heavy atom. The number of fused-ring (bicyclic) bond motifs is 4. The molecule has 1 aromatic heterocycles. The summed E-state index contributed by atoms with van der Waals surface area (Å²) in [7, 11) is 1.31. The van der Waals surface area contributed by atoms with E-state index in [1.807, 2.05) is 19.9 Å². The molecule has 1 aromatic rings. The van der Waals surface area contributed by atoms with Crippen LogP contribution in [0.4, 0.5) is 0 Å². The van der Waals surface area contributed by atoms with Gasteiger partial charge < -0.3 is 24.1 Å². The van der Waals surface area contributed by atoms with Gasteiger partial charge in [-0.25, -0.2) is 0 Å². The molecule has 8 heteroatoms. The smallest absolute Gasteiger partial charge is 0.310 e. The number of ketones is 1. The molecule has 9 atom stereocenters. The van der Waals surface area contributed by atoms with E-state index in [0.717, 1.165) is 16.7 Å². The minimum atomic E-state index is -1.41. The standard InChI is InChI=1S/C27H34O8/c1-6-27(24(31)32)11-18(28)25(3)17(10-19(29)33-5)26(4)20-13(2)15(14-7-8-34-12-14)9-16(20)35-23(26)21(30)22(25)27/h7-8,12,15-17,21-23,30H,6,9-11H2,1-5H3,(H,31,32). The van der Waals surface area contributed by atoms with Crippen LogP contribution in [-0.2, 0) is 23.9 Å². The molecule has 190 valence electrons. The van der Waals surface area contributed by atoms with Gasteiger partial charge in [-0.3, -0.25) is 14.4 Å². The van der Waals surface area contributed by atoms with Crippen molar-refractivity contribution in [2.75, 3.05) is 7.11 Å². The van der Waals surface area contributed by atoms with Gasteiger partial charge in [0, 0.05) is 29.1 Å². The Morgan fingerprint density at radius 1 is 1.26 bits per heavy atom. The zero-order chi connectivity index (χ0) is 25.5. The molecule has 0 aromatic carbocycles. The first-order chi connectivity index (χ1) is 16.5. The van der Waals surface area contributed by atoms with E-state index in [2.05, 4.69) is 0 Å². The van der Waals surface area contributed by atoms with Gasteiger partial charge in [-0.15, -0.1) is 0 Å². The van der Waals surface area contributed by atoms with E-state index in [4.69, 9.17) is 13.9 Å². The lowest BCUT2D eigenvalue weighted by Gasteiger charge is -2.57. The number of hydrogen-bond donors (Lipinski definition) is 2. The van der Waals surface area contributed by atoms with E-state index in [1.165, 1.54) is 7.11 Å². The monoisotopic (exact) mass is 486 g/mol. The zero-order valence-electron chi connectivity index (χ0n) is 20.9. The number of carboxylic acids is 1. The molecule has 9 unspecified atom stereocenters. The Labute approximate surface area is 204 Å². The van der Waals surface area contributed by atoms with E-state index < -0.39 is 52.2 Å². The van der Waals surface area contributed by atoms with Crippen molar-refractivity contribution in [1.82, 2.24) is 0 Å². The first kappa shape index (κ1) is 24.3. The summed E-state index contributed by atoms with van der Waals surface area (Å²) >= 11 is 0. The molecular formula is C27H34O8. The Kier molecular flexibility index (Phi) is 5.39. The Hall–Kier alpha value is -2.45. The molecule has 5 rings (SSSR count). The molecule has 0 bridgehead atoms. The number of ether oxygens (including phenoxy) is 2. The molecule has 1 aliphatic heterocycles. The average Bonchev–Trinajstić information content (AvgIpc) is 3.56. The maximum absolute atomic E-state index is 13.8. The molecule has 0 amide bonds. The van der Waals surface area contributed by atoms with E-state index in [1.54, 1.807) is 26.4 Å². The van der Waals surface area contributed by atoms with Gasteiger partial charge in [0.25, 0.3) is 0 Å². The minimum absolute atomic E-state index is 0.0579. The van der Waals surface area contributed by atoms with Crippen molar-refractivity contribution in [3.63, 3.8) is 0 Å². The normalized spacial score (nSPS) is 44.2. The SMILES string of the molecule is CCC1(C(=O)O)CC(=O)C2(C)C1C(O)C1OC3CC(c4ccoc4)C(C)=C3C1(C)C2CC(=O)OC. The number of esters is 1. The first-order valence-corrected chi connectivity index (χ1v) is 12.4. The summed E-state index contributed by atoms with van der Waals surface area (Å²) in [4.78, 5) is 39.1. The van der Waals surface area contributed by atoms with Crippen LogP contribution in [-0.4, -0.2) is 53.4 Å². The van der Waals surface area contributed by atoms with Crippen molar-refractivity contribution in [2.24, 2.45) is 28.1 Å². The Balaban J connectivity index is 1.72. The van der Waals surface area contributed by atoms with Crippen LogP contribution >= 0.6 is 0 Å². The quantitative estimate of drug-likeness (QED) is 0.479. The topological polar surface area (TPSA) is 123 Å². The van der Waals surface area contributed by atoms with Crippen LogP contribution in [0.2, 0.25) is 0 Å². The number of carbonyl (C=O) groups excluding carboxylic acids is 2. The molecule has 2 saturated carbocycles. The number of carboxylic acid groups (broad SMARTS) is 1. The van der Waals surface area contributed by atoms with Crippen LogP contribution in [0.15, 0.2) is 34.2 Å². The number of carbonyl (C=O) groups is 3. The third-order valence-electron chi connectivity index (χ3n) is 10.2. The predicted octanol–water partition coefficient (Wildman–Crippen LogP) is 3.49. The molecular weight excluding hydrogens is 452 g/mol. The summed E-state index contributed by atoms with van der Waals surface area (Å²) in [6.45, 7) is 7.52.